The lowest BCUT2D eigenvalue weighted by Gasteiger charge is -2.17. The van der Waals surface area contributed by atoms with Crippen molar-refractivity contribution >= 4 is 27.7 Å². The van der Waals surface area contributed by atoms with Crippen molar-refractivity contribution in [2.45, 2.75) is 20.0 Å². The molecule has 3 N–H and O–H groups in total. The van der Waals surface area contributed by atoms with Gasteiger partial charge in [0, 0.05) is 50.8 Å². The number of rotatable bonds is 6. The van der Waals surface area contributed by atoms with Crippen LogP contribution in [0.1, 0.15) is 13.9 Å². The second-order valence-corrected chi connectivity index (χ2v) is 8.04. The fraction of sp³-hybridized carbons (Fsp3) is 0.261. The molecule has 0 aliphatic rings. The highest BCUT2D eigenvalue weighted by Crippen LogP contribution is 2.35. The van der Waals surface area contributed by atoms with Gasteiger partial charge in [0.25, 0.3) is 0 Å². The van der Waals surface area contributed by atoms with Gasteiger partial charge in [0.05, 0.1) is 23.3 Å². The summed E-state index contributed by atoms with van der Waals surface area (Å²) in [5.74, 6) is 0.806. The number of ether oxygens (including phenoxy) is 1. The average Bonchev–Trinajstić information content (AvgIpc) is 3.08. The molecule has 0 saturated heterocycles. The van der Waals surface area contributed by atoms with E-state index in [2.05, 4.69) is 22.2 Å². The van der Waals surface area contributed by atoms with Crippen molar-refractivity contribution in [1.29, 1.82) is 5.26 Å². The Balaban J connectivity index is 0.000000714. The molecule has 2 aromatic carbocycles. The Morgan fingerprint density at radius 1 is 1.22 bits per heavy atom. The minimum absolute atomic E-state index is 0. The van der Waals surface area contributed by atoms with E-state index < -0.39 is 11.1 Å². The molecule has 0 fully saturated rings. The van der Waals surface area contributed by atoms with Gasteiger partial charge in [-0.2, -0.15) is 5.26 Å². The van der Waals surface area contributed by atoms with Gasteiger partial charge in [-0.25, -0.2) is 4.21 Å². The molecule has 0 saturated carbocycles. The molecule has 1 unspecified atom stereocenters. The first-order chi connectivity index (χ1) is 15.3. The van der Waals surface area contributed by atoms with Crippen LogP contribution >= 0.6 is 0 Å². The number of aromatic nitrogens is 3. The molecule has 2 aromatic heterocycles. The summed E-state index contributed by atoms with van der Waals surface area (Å²) in [6, 6.07) is 16.0. The zero-order valence-electron chi connectivity index (χ0n) is 18.4. The number of hydrogen-bond acceptors (Lipinski definition) is 4. The largest absolute Gasteiger partial charge is 0.492 e. The molecular weight excluding hydrogens is 426 g/mol. The first-order valence-electron chi connectivity index (χ1n) is 10.1. The lowest BCUT2D eigenvalue weighted by molar-refractivity contribution is 0.273. The monoisotopic (exact) mass is 455 g/mol. The SMILES string of the molecule is CCn1c(-c2ccc(N)cc2)c(C#N)c2ccc(OCCn3ccn3C)cc21.CS(=O)O.[HH]. The first-order valence-corrected chi connectivity index (χ1v) is 11.6. The molecule has 4 aromatic rings. The maximum absolute atomic E-state index is 9.84. The van der Waals surface area contributed by atoms with Crippen LogP contribution < -0.4 is 10.5 Å². The zero-order valence-corrected chi connectivity index (χ0v) is 19.2. The number of nitrogens with zero attached hydrogens (tertiary/aromatic N) is 4. The summed E-state index contributed by atoms with van der Waals surface area (Å²) in [6.07, 6.45) is 5.22. The second kappa shape index (κ2) is 10.2. The lowest BCUT2D eigenvalue weighted by atomic mass is 10.1. The molecule has 32 heavy (non-hydrogen) atoms. The van der Waals surface area contributed by atoms with E-state index in [1.54, 1.807) is 0 Å². The summed E-state index contributed by atoms with van der Waals surface area (Å²) in [4.78, 5) is 0. The van der Waals surface area contributed by atoms with Crippen LogP contribution in [0, 0.1) is 11.3 Å². The Morgan fingerprint density at radius 3 is 2.44 bits per heavy atom. The summed E-state index contributed by atoms with van der Waals surface area (Å²) in [5, 5.41) is 10.8. The molecule has 2 heterocycles. The van der Waals surface area contributed by atoms with Crippen LogP contribution in [0.3, 0.4) is 0 Å². The van der Waals surface area contributed by atoms with Crippen molar-refractivity contribution in [3.63, 3.8) is 0 Å². The van der Waals surface area contributed by atoms with Crippen LogP contribution in [0.15, 0.2) is 54.9 Å². The van der Waals surface area contributed by atoms with E-state index in [1.807, 2.05) is 66.6 Å². The topological polar surface area (TPSA) is 111 Å². The number of hydrogen-bond donors (Lipinski definition) is 2. The number of fused-ring (bicyclic) bond motifs is 1. The fourth-order valence-corrected chi connectivity index (χ4v) is 3.59. The van der Waals surface area contributed by atoms with Gasteiger partial charge in [-0.05, 0) is 36.8 Å². The Labute approximate surface area is 191 Å². The van der Waals surface area contributed by atoms with E-state index in [9.17, 15) is 5.26 Å². The highest BCUT2D eigenvalue weighted by atomic mass is 32.2. The van der Waals surface area contributed by atoms with Gasteiger partial charge < -0.3 is 19.6 Å². The van der Waals surface area contributed by atoms with E-state index in [4.69, 9.17) is 19.2 Å². The zero-order chi connectivity index (χ0) is 23.3. The van der Waals surface area contributed by atoms with Crippen LogP contribution in [0.25, 0.3) is 22.2 Å². The molecule has 0 spiro atoms. The summed E-state index contributed by atoms with van der Waals surface area (Å²) >= 11 is -1.61. The second-order valence-electron chi connectivity index (χ2n) is 7.19. The third-order valence-corrected chi connectivity index (χ3v) is 5.10. The maximum Gasteiger partial charge on any atom is 0.149 e. The van der Waals surface area contributed by atoms with Crippen LogP contribution in [-0.4, -0.2) is 35.6 Å². The van der Waals surface area contributed by atoms with Gasteiger partial charge in [0.15, 0.2) is 0 Å². The number of anilines is 1. The molecule has 0 aliphatic carbocycles. The summed E-state index contributed by atoms with van der Waals surface area (Å²) in [7, 11) is 2.00. The van der Waals surface area contributed by atoms with E-state index in [1.165, 1.54) is 6.26 Å². The highest BCUT2D eigenvalue weighted by Gasteiger charge is 2.18. The molecular formula is C23H29N5O3S. The number of benzene rings is 2. The van der Waals surface area contributed by atoms with E-state index in [0.29, 0.717) is 17.9 Å². The van der Waals surface area contributed by atoms with Gasteiger partial charge in [0.2, 0.25) is 0 Å². The molecule has 170 valence electrons. The predicted octanol–water partition coefficient (Wildman–Crippen LogP) is 4.08. The van der Waals surface area contributed by atoms with Gasteiger partial charge in [-0.3, -0.25) is 9.36 Å². The van der Waals surface area contributed by atoms with Gasteiger partial charge >= 0.3 is 0 Å². The molecule has 0 bridgehead atoms. The Bertz CT molecular complexity index is 1260. The van der Waals surface area contributed by atoms with Gasteiger partial charge in [0.1, 0.15) is 29.5 Å². The van der Waals surface area contributed by atoms with Crippen molar-refractivity contribution in [2.75, 3.05) is 18.6 Å². The third-order valence-electron chi connectivity index (χ3n) is 5.10. The van der Waals surface area contributed by atoms with E-state index in [0.717, 1.165) is 41.0 Å². The molecule has 0 aliphatic heterocycles. The number of aryl methyl sites for hydroxylation is 2. The Kier molecular flexibility index (Phi) is 7.41. The molecule has 8 nitrogen and oxygen atoms in total. The summed E-state index contributed by atoms with van der Waals surface area (Å²) in [5.41, 5.74) is 10.1. The highest BCUT2D eigenvalue weighted by molar-refractivity contribution is 7.78. The van der Waals surface area contributed by atoms with Crippen molar-refractivity contribution in [1.82, 2.24) is 13.9 Å². The predicted molar refractivity (Wildman–Crippen MR) is 130 cm³/mol. The summed E-state index contributed by atoms with van der Waals surface area (Å²) < 4.78 is 28.9. The van der Waals surface area contributed by atoms with E-state index in [-0.39, 0.29) is 1.43 Å². The van der Waals surface area contributed by atoms with Crippen LogP contribution in [0.2, 0.25) is 0 Å². The molecule has 9 heteroatoms. The standard InChI is InChI=1S/C22H23N5O.CH4O2S.H2/c1-3-27-21-14-18(28-13-12-26-11-10-25(26)2)8-9-19(21)20(15-23)22(27)16-4-6-17(24)7-5-16;1-4(2)3;/h4-11,14H,3,12-13,24H2,1-2H3;1H3,(H,2,3);1H. The quantitative estimate of drug-likeness (QED) is 0.336. The van der Waals surface area contributed by atoms with Gasteiger partial charge in [-0.15, -0.1) is 0 Å². The van der Waals surface area contributed by atoms with Crippen molar-refractivity contribution in [3.8, 4) is 23.1 Å². The van der Waals surface area contributed by atoms with Crippen LogP contribution in [-0.2, 0) is 31.2 Å². The number of nitrogens with two attached hydrogens (primary N) is 1. The summed E-state index contributed by atoms with van der Waals surface area (Å²) in [6.45, 7) is 4.22. The molecule has 0 amide bonds. The van der Waals surface area contributed by atoms with Crippen LogP contribution in [0.5, 0.6) is 5.75 Å². The van der Waals surface area contributed by atoms with E-state index >= 15 is 0 Å². The number of nitrogen functional groups attached to an aromatic ring is 1. The Hall–Kier alpha value is -3.48. The normalized spacial score (nSPS) is 11.6. The Morgan fingerprint density at radius 2 is 1.91 bits per heavy atom. The first kappa shape index (κ1) is 23.2. The molecule has 1 atom stereocenters. The smallest absolute Gasteiger partial charge is 0.149 e. The molecule has 4 rings (SSSR count). The van der Waals surface area contributed by atoms with Crippen molar-refractivity contribution < 1.29 is 14.9 Å². The average molecular weight is 456 g/mol. The van der Waals surface area contributed by atoms with Crippen molar-refractivity contribution in [2.24, 2.45) is 7.05 Å². The molecule has 0 radical (unpaired) electrons. The maximum atomic E-state index is 9.84. The van der Waals surface area contributed by atoms with Crippen LogP contribution in [0.4, 0.5) is 5.69 Å². The number of nitriles is 1. The lowest BCUT2D eigenvalue weighted by Crippen LogP contribution is -2.20. The fourth-order valence-electron chi connectivity index (χ4n) is 3.59. The minimum Gasteiger partial charge on any atom is -0.492 e. The third kappa shape index (κ3) is 5.04. The van der Waals surface area contributed by atoms with Gasteiger partial charge in [-0.1, -0.05) is 12.1 Å². The minimum atomic E-state index is -1.61. The van der Waals surface area contributed by atoms with Crippen molar-refractivity contribution in [3.05, 3.63) is 60.4 Å².